The molecule has 1 atom stereocenters. The quantitative estimate of drug-likeness (QED) is 0.339. The van der Waals surface area contributed by atoms with Crippen LogP contribution in [0, 0.1) is 5.92 Å². The number of carbonyl (C=O) groups is 2. The smallest absolute Gasteiger partial charge is 0.277 e. The number of hydrogen-bond donors (Lipinski definition) is 1. The maximum atomic E-state index is 12.5. The summed E-state index contributed by atoms with van der Waals surface area (Å²) >= 11 is 1.23. The number of hydrogen-bond acceptors (Lipinski definition) is 6. The van der Waals surface area contributed by atoms with E-state index >= 15 is 0 Å². The summed E-state index contributed by atoms with van der Waals surface area (Å²) in [6.45, 7) is 6.11. The summed E-state index contributed by atoms with van der Waals surface area (Å²) in [5.41, 5.74) is 2.48. The molecule has 0 spiro atoms. The van der Waals surface area contributed by atoms with Crippen molar-refractivity contribution in [1.29, 1.82) is 0 Å². The normalized spacial score (nSPS) is 12.0. The summed E-state index contributed by atoms with van der Waals surface area (Å²) in [6.07, 6.45) is 1.11. The number of aromatic nitrogens is 2. The molecule has 2 aromatic carbocycles. The molecule has 3 aromatic rings. The lowest BCUT2D eigenvalue weighted by Crippen LogP contribution is -2.14. The summed E-state index contributed by atoms with van der Waals surface area (Å²) in [6, 6.07) is 17.1. The van der Waals surface area contributed by atoms with Crippen LogP contribution in [0.2, 0.25) is 0 Å². The van der Waals surface area contributed by atoms with Gasteiger partial charge in [-0.3, -0.25) is 9.59 Å². The first-order valence-corrected chi connectivity index (χ1v) is 11.3. The van der Waals surface area contributed by atoms with E-state index in [2.05, 4.69) is 34.6 Å². The van der Waals surface area contributed by atoms with Gasteiger partial charge in [0.15, 0.2) is 5.78 Å². The van der Waals surface area contributed by atoms with Crippen molar-refractivity contribution in [3.05, 3.63) is 71.6 Å². The van der Waals surface area contributed by atoms with Crippen molar-refractivity contribution in [3.63, 3.8) is 0 Å². The Hall–Kier alpha value is -2.93. The van der Waals surface area contributed by atoms with E-state index in [1.54, 1.807) is 24.3 Å². The van der Waals surface area contributed by atoms with Crippen LogP contribution in [0.5, 0.6) is 0 Å². The summed E-state index contributed by atoms with van der Waals surface area (Å²) < 4.78 is 5.70. The predicted octanol–water partition coefficient (Wildman–Crippen LogP) is 5.38. The van der Waals surface area contributed by atoms with Crippen LogP contribution in [0.3, 0.4) is 0 Å². The van der Waals surface area contributed by atoms with Crippen molar-refractivity contribution in [1.82, 2.24) is 10.2 Å². The first kappa shape index (κ1) is 22.7. The zero-order valence-corrected chi connectivity index (χ0v) is 18.8. The van der Waals surface area contributed by atoms with E-state index < -0.39 is 0 Å². The Bertz CT molecular complexity index is 1000. The minimum absolute atomic E-state index is 0.0292. The second-order valence-corrected chi connectivity index (χ2v) is 8.84. The number of nitrogens with zero attached hydrogens (tertiary/aromatic N) is 2. The van der Waals surface area contributed by atoms with Crippen LogP contribution in [0.25, 0.3) is 0 Å². The molecule has 1 N–H and O–H groups in total. The minimum Gasteiger partial charge on any atom is -0.416 e. The molecule has 0 aliphatic carbocycles. The SMILES string of the molecule is CC(C)CC(=O)Nc1ccc(C(=O)CSc2nnc(CC(C)c3ccccc3)o2)cc1. The van der Waals surface area contributed by atoms with Gasteiger partial charge in [0, 0.05) is 24.1 Å². The second-order valence-electron chi connectivity index (χ2n) is 7.91. The average molecular weight is 438 g/mol. The van der Waals surface area contributed by atoms with Crippen molar-refractivity contribution < 1.29 is 14.0 Å². The molecule has 1 unspecified atom stereocenters. The topological polar surface area (TPSA) is 85.1 Å². The van der Waals surface area contributed by atoms with E-state index in [9.17, 15) is 9.59 Å². The van der Waals surface area contributed by atoms with E-state index in [0.717, 1.165) is 0 Å². The second kappa shape index (κ2) is 10.9. The van der Waals surface area contributed by atoms with Crippen LogP contribution in [0.4, 0.5) is 5.69 Å². The standard InChI is InChI=1S/C24H27N3O3S/c1-16(2)13-22(29)25-20-11-9-19(10-12-20)21(28)15-31-24-27-26-23(30-24)14-17(3)18-7-5-4-6-8-18/h4-12,16-17H,13-15H2,1-3H3,(H,25,29). The zero-order chi connectivity index (χ0) is 22.2. The van der Waals surface area contributed by atoms with Crippen LogP contribution in [0.1, 0.15) is 54.9 Å². The Morgan fingerprint density at radius 2 is 1.71 bits per heavy atom. The highest BCUT2D eigenvalue weighted by molar-refractivity contribution is 7.99. The molecule has 0 fully saturated rings. The molecular weight excluding hydrogens is 410 g/mol. The fourth-order valence-corrected chi connectivity index (χ4v) is 3.75. The summed E-state index contributed by atoms with van der Waals surface area (Å²) in [7, 11) is 0. The molecular formula is C24H27N3O3S. The Kier molecular flexibility index (Phi) is 8.00. The molecule has 6 nitrogen and oxygen atoms in total. The van der Waals surface area contributed by atoms with Gasteiger partial charge in [-0.2, -0.15) is 0 Å². The Balaban J connectivity index is 1.49. The zero-order valence-electron chi connectivity index (χ0n) is 18.0. The highest BCUT2D eigenvalue weighted by Crippen LogP contribution is 2.23. The summed E-state index contributed by atoms with van der Waals surface area (Å²) in [5, 5.41) is 11.4. The third-order valence-electron chi connectivity index (χ3n) is 4.71. The Morgan fingerprint density at radius 1 is 1.00 bits per heavy atom. The van der Waals surface area contributed by atoms with Gasteiger partial charge in [0.05, 0.1) is 5.75 Å². The summed E-state index contributed by atoms with van der Waals surface area (Å²) in [5.74, 6) is 1.26. The number of anilines is 1. The van der Waals surface area contributed by atoms with E-state index in [1.807, 2.05) is 32.0 Å². The van der Waals surface area contributed by atoms with Crippen molar-refractivity contribution in [3.8, 4) is 0 Å². The van der Waals surface area contributed by atoms with Gasteiger partial charge in [-0.15, -0.1) is 10.2 Å². The Morgan fingerprint density at radius 3 is 2.39 bits per heavy atom. The van der Waals surface area contributed by atoms with E-state index in [0.29, 0.717) is 41.1 Å². The number of nitrogens with one attached hydrogen (secondary N) is 1. The van der Waals surface area contributed by atoms with Crippen LogP contribution in [0.15, 0.2) is 64.2 Å². The maximum Gasteiger partial charge on any atom is 0.277 e. The lowest BCUT2D eigenvalue weighted by atomic mass is 9.98. The van der Waals surface area contributed by atoms with Gasteiger partial charge in [0.2, 0.25) is 11.8 Å². The first-order chi connectivity index (χ1) is 14.9. The predicted molar refractivity (Wildman–Crippen MR) is 122 cm³/mol. The Labute approximate surface area is 186 Å². The van der Waals surface area contributed by atoms with Gasteiger partial charge < -0.3 is 9.73 Å². The third-order valence-corrected chi connectivity index (χ3v) is 5.53. The molecule has 31 heavy (non-hydrogen) atoms. The number of benzene rings is 2. The van der Waals surface area contributed by atoms with Crippen LogP contribution < -0.4 is 5.32 Å². The van der Waals surface area contributed by atoms with Gasteiger partial charge in [0.25, 0.3) is 5.22 Å². The van der Waals surface area contributed by atoms with Crippen molar-refractivity contribution in [2.45, 2.75) is 44.8 Å². The monoisotopic (exact) mass is 437 g/mol. The maximum absolute atomic E-state index is 12.5. The highest BCUT2D eigenvalue weighted by Gasteiger charge is 2.14. The number of thioether (sulfide) groups is 1. The first-order valence-electron chi connectivity index (χ1n) is 10.3. The van der Waals surface area contributed by atoms with Crippen molar-refractivity contribution in [2.24, 2.45) is 5.92 Å². The molecule has 0 aliphatic heterocycles. The molecule has 162 valence electrons. The summed E-state index contributed by atoms with van der Waals surface area (Å²) in [4.78, 5) is 24.3. The number of ketones is 1. The molecule has 0 radical (unpaired) electrons. The molecule has 0 aliphatic rings. The lowest BCUT2D eigenvalue weighted by Gasteiger charge is -2.08. The highest BCUT2D eigenvalue weighted by atomic mass is 32.2. The molecule has 0 bridgehead atoms. The average Bonchev–Trinajstić information content (AvgIpc) is 3.20. The number of rotatable bonds is 10. The molecule has 0 saturated heterocycles. The molecule has 0 saturated carbocycles. The molecule has 1 aromatic heterocycles. The van der Waals surface area contributed by atoms with Crippen molar-refractivity contribution in [2.75, 3.05) is 11.1 Å². The number of carbonyl (C=O) groups excluding carboxylic acids is 2. The van der Waals surface area contributed by atoms with E-state index in [4.69, 9.17) is 4.42 Å². The van der Waals surface area contributed by atoms with Crippen LogP contribution in [-0.2, 0) is 11.2 Å². The van der Waals surface area contributed by atoms with Gasteiger partial charge in [-0.05, 0) is 41.7 Å². The van der Waals surface area contributed by atoms with E-state index in [1.165, 1.54) is 17.3 Å². The molecule has 1 heterocycles. The number of Topliss-reactive ketones (excluding diaryl/α,β-unsaturated/α-hetero) is 1. The van der Waals surface area contributed by atoms with Gasteiger partial charge in [-0.25, -0.2) is 0 Å². The molecule has 1 amide bonds. The van der Waals surface area contributed by atoms with Gasteiger partial charge in [-0.1, -0.05) is 62.9 Å². The third kappa shape index (κ3) is 7.07. The van der Waals surface area contributed by atoms with Gasteiger partial charge >= 0.3 is 0 Å². The fraction of sp³-hybridized carbons (Fsp3) is 0.333. The largest absolute Gasteiger partial charge is 0.416 e. The molecule has 7 heteroatoms. The van der Waals surface area contributed by atoms with Gasteiger partial charge in [0.1, 0.15) is 0 Å². The van der Waals surface area contributed by atoms with Crippen molar-refractivity contribution >= 4 is 29.1 Å². The minimum atomic E-state index is -0.0394. The van der Waals surface area contributed by atoms with Crippen LogP contribution >= 0.6 is 11.8 Å². The number of amides is 1. The van der Waals surface area contributed by atoms with Crippen LogP contribution in [-0.4, -0.2) is 27.6 Å². The fourth-order valence-electron chi connectivity index (χ4n) is 3.07. The lowest BCUT2D eigenvalue weighted by molar-refractivity contribution is -0.116. The van der Waals surface area contributed by atoms with E-state index in [-0.39, 0.29) is 23.4 Å². The molecule has 3 rings (SSSR count).